The van der Waals surface area contributed by atoms with Crippen molar-refractivity contribution in [1.82, 2.24) is 10.2 Å². The largest absolute Gasteiger partial charge is 0.352 e. The van der Waals surface area contributed by atoms with Gasteiger partial charge in [-0.1, -0.05) is 39.0 Å². The molecule has 0 radical (unpaired) electrons. The van der Waals surface area contributed by atoms with Crippen LogP contribution in [0.2, 0.25) is 0 Å². The lowest BCUT2D eigenvalue weighted by molar-refractivity contribution is -0.134. The molecule has 0 bridgehead atoms. The van der Waals surface area contributed by atoms with Gasteiger partial charge in [-0.15, -0.1) is 0 Å². The number of nitrogens with zero attached hydrogens (tertiary/aromatic N) is 1. The zero-order valence-electron chi connectivity index (χ0n) is 12.4. The van der Waals surface area contributed by atoms with E-state index in [9.17, 15) is 9.59 Å². The number of rotatable bonds is 7. The van der Waals surface area contributed by atoms with Gasteiger partial charge in [0.05, 0.1) is 6.54 Å². The molecule has 0 unspecified atom stereocenters. The molecule has 0 spiro atoms. The Kier molecular flexibility index (Phi) is 7.53. The monoisotopic (exact) mass is 268 g/mol. The predicted octanol–water partition coefficient (Wildman–Crippen LogP) is 2.47. The first-order valence-electron chi connectivity index (χ1n) is 7.68. The first-order chi connectivity index (χ1) is 9.13. The Morgan fingerprint density at radius 2 is 1.84 bits per heavy atom. The van der Waals surface area contributed by atoms with Gasteiger partial charge in [0.1, 0.15) is 0 Å². The van der Waals surface area contributed by atoms with Gasteiger partial charge >= 0.3 is 0 Å². The molecule has 110 valence electrons. The average Bonchev–Trinajstić information content (AvgIpc) is 2.38. The Balaban J connectivity index is 2.31. The predicted molar refractivity (Wildman–Crippen MR) is 76.8 cm³/mol. The summed E-state index contributed by atoms with van der Waals surface area (Å²) in [6, 6.07) is 0.325. The molecule has 0 atom stereocenters. The van der Waals surface area contributed by atoms with E-state index in [2.05, 4.69) is 12.2 Å². The second-order valence-corrected chi connectivity index (χ2v) is 5.55. The highest BCUT2D eigenvalue weighted by Gasteiger charge is 2.18. The Hall–Kier alpha value is -1.06. The van der Waals surface area contributed by atoms with Crippen LogP contribution >= 0.6 is 0 Å². The number of nitrogens with one attached hydrogen (secondary N) is 1. The summed E-state index contributed by atoms with van der Waals surface area (Å²) in [5.41, 5.74) is 0. The van der Waals surface area contributed by atoms with Crippen LogP contribution in [-0.4, -0.2) is 35.8 Å². The van der Waals surface area contributed by atoms with Gasteiger partial charge in [0, 0.05) is 19.5 Å². The Bertz CT molecular complexity index is 286. The minimum absolute atomic E-state index is 0.00130. The summed E-state index contributed by atoms with van der Waals surface area (Å²) in [4.78, 5) is 25.1. The molecular weight excluding hydrogens is 240 g/mol. The number of hydrogen-bond acceptors (Lipinski definition) is 2. The number of hydrogen-bond donors (Lipinski definition) is 1. The molecule has 1 N–H and O–H groups in total. The lowest BCUT2D eigenvalue weighted by Gasteiger charge is -2.25. The number of unbranched alkanes of at least 4 members (excludes halogenated alkanes) is 2. The molecule has 0 aromatic rings. The van der Waals surface area contributed by atoms with E-state index in [1.807, 2.05) is 0 Å². The summed E-state index contributed by atoms with van der Waals surface area (Å²) in [5.74, 6) is -0.00602. The van der Waals surface area contributed by atoms with Crippen LogP contribution in [0, 0.1) is 0 Å². The summed E-state index contributed by atoms with van der Waals surface area (Å²) < 4.78 is 0. The van der Waals surface area contributed by atoms with Crippen molar-refractivity contribution >= 4 is 11.8 Å². The maximum atomic E-state index is 12.0. The van der Waals surface area contributed by atoms with Gasteiger partial charge < -0.3 is 10.2 Å². The molecule has 1 aliphatic carbocycles. The van der Waals surface area contributed by atoms with Gasteiger partial charge in [0.25, 0.3) is 0 Å². The van der Waals surface area contributed by atoms with Crippen LogP contribution in [0.1, 0.15) is 65.2 Å². The summed E-state index contributed by atoms with van der Waals surface area (Å²) in [5, 5.41) is 3.06. The van der Waals surface area contributed by atoms with E-state index in [-0.39, 0.29) is 18.4 Å². The maximum Gasteiger partial charge on any atom is 0.239 e. The van der Waals surface area contributed by atoms with Crippen LogP contribution in [0.25, 0.3) is 0 Å². The van der Waals surface area contributed by atoms with Crippen LogP contribution in [0.4, 0.5) is 0 Å². The van der Waals surface area contributed by atoms with Gasteiger partial charge in [-0.3, -0.25) is 9.59 Å². The Morgan fingerprint density at radius 3 is 2.42 bits per heavy atom. The fourth-order valence-corrected chi connectivity index (χ4v) is 2.59. The third-order valence-electron chi connectivity index (χ3n) is 3.78. The summed E-state index contributed by atoms with van der Waals surface area (Å²) in [7, 11) is 0. The van der Waals surface area contributed by atoms with Crippen molar-refractivity contribution in [2.75, 3.05) is 13.1 Å². The van der Waals surface area contributed by atoms with Crippen molar-refractivity contribution in [2.45, 2.75) is 71.3 Å². The van der Waals surface area contributed by atoms with Crippen LogP contribution < -0.4 is 5.32 Å². The van der Waals surface area contributed by atoms with Crippen molar-refractivity contribution in [1.29, 1.82) is 0 Å². The summed E-state index contributed by atoms with van der Waals surface area (Å²) in [6.07, 6.45) is 9.07. The third-order valence-corrected chi connectivity index (χ3v) is 3.78. The molecule has 2 amide bonds. The first-order valence-corrected chi connectivity index (χ1v) is 7.68. The summed E-state index contributed by atoms with van der Waals surface area (Å²) in [6.45, 7) is 4.59. The first kappa shape index (κ1) is 16.0. The molecule has 4 nitrogen and oxygen atoms in total. The molecule has 0 saturated heterocycles. The topological polar surface area (TPSA) is 49.4 Å². The standard InChI is InChI=1S/C15H28N2O2/c1-3-4-8-11-17(13(2)18)12-15(19)16-14-9-6-5-7-10-14/h14H,3-12H2,1-2H3,(H,16,19). The van der Waals surface area contributed by atoms with Crippen LogP contribution in [-0.2, 0) is 9.59 Å². The van der Waals surface area contributed by atoms with Gasteiger partial charge in [-0.25, -0.2) is 0 Å². The molecule has 1 rings (SSSR count). The number of carbonyl (C=O) groups excluding carboxylic acids is 2. The second-order valence-electron chi connectivity index (χ2n) is 5.55. The molecule has 1 fully saturated rings. The van der Waals surface area contributed by atoms with Gasteiger partial charge in [0.2, 0.25) is 11.8 Å². The highest BCUT2D eigenvalue weighted by molar-refractivity contribution is 5.83. The Labute approximate surface area is 116 Å². The number of amides is 2. The molecular formula is C15H28N2O2. The molecule has 4 heteroatoms. The van der Waals surface area contributed by atoms with Crippen LogP contribution in [0.15, 0.2) is 0 Å². The van der Waals surface area contributed by atoms with Crippen molar-refractivity contribution in [3.05, 3.63) is 0 Å². The van der Waals surface area contributed by atoms with E-state index >= 15 is 0 Å². The van der Waals surface area contributed by atoms with Gasteiger partial charge in [0.15, 0.2) is 0 Å². The highest BCUT2D eigenvalue weighted by Crippen LogP contribution is 2.17. The fraction of sp³-hybridized carbons (Fsp3) is 0.867. The van der Waals surface area contributed by atoms with Gasteiger partial charge in [-0.2, -0.15) is 0 Å². The molecule has 0 aromatic carbocycles. The van der Waals surface area contributed by atoms with E-state index in [4.69, 9.17) is 0 Å². The fourth-order valence-electron chi connectivity index (χ4n) is 2.59. The SMILES string of the molecule is CCCCCN(CC(=O)NC1CCCCC1)C(C)=O. The number of carbonyl (C=O) groups is 2. The second kappa shape index (κ2) is 8.94. The lowest BCUT2D eigenvalue weighted by atomic mass is 9.95. The highest BCUT2D eigenvalue weighted by atomic mass is 16.2. The van der Waals surface area contributed by atoms with Crippen molar-refractivity contribution in [3.8, 4) is 0 Å². The normalized spacial score (nSPS) is 16.1. The zero-order valence-corrected chi connectivity index (χ0v) is 12.4. The van der Waals surface area contributed by atoms with E-state index in [0.717, 1.165) is 32.1 Å². The van der Waals surface area contributed by atoms with Crippen molar-refractivity contribution in [2.24, 2.45) is 0 Å². The third kappa shape index (κ3) is 6.60. The summed E-state index contributed by atoms with van der Waals surface area (Å²) >= 11 is 0. The van der Waals surface area contributed by atoms with E-state index in [1.165, 1.54) is 19.3 Å². The quantitative estimate of drug-likeness (QED) is 0.721. The minimum atomic E-state index is -0.00472. The van der Waals surface area contributed by atoms with Crippen LogP contribution in [0.5, 0.6) is 0 Å². The lowest BCUT2D eigenvalue weighted by Crippen LogP contribution is -2.44. The smallest absolute Gasteiger partial charge is 0.239 e. The molecule has 1 saturated carbocycles. The van der Waals surface area contributed by atoms with E-state index in [1.54, 1.807) is 11.8 Å². The molecule has 19 heavy (non-hydrogen) atoms. The van der Waals surface area contributed by atoms with Crippen molar-refractivity contribution in [3.63, 3.8) is 0 Å². The molecule has 0 aliphatic heterocycles. The minimum Gasteiger partial charge on any atom is -0.352 e. The average molecular weight is 268 g/mol. The maximum absolute atomic E-state index is 12.0. The van der Waals surface area contributed by atoms with Crippen LogP contribution in [0.3, 0.4) is 0 Å². The molecule has 1 aliphatic rings. The van der Waals surface area contributed by atoms with Crippen molar-refractivity contribution < 1.29 is 9.59 Å². The molecule has 0 aromatic heterocycles. The van der Waals surface area contributed by atoms with Gasteiger partial charge in [-0.05, 0) is 19.3 Å². The Morgan fingerprint density at radius 1 is 1.16 bits per heavy atom. The molecule has 0 heterocycles. The zero-order chi connectivity index (χ0) is 14.1. The van der Waals surface area contributed by atoms with E-state index < -0.39 is 0 Å². The van der Waals surface area contributed by atoms with E-state index in [0.29, 0.717) is 12.6 Å².